The van der Waals surface area contributed by atoms with E-state index in [0.717, 1.165) is 29.4 Å². The lowest BCUT2D eigenvalue weighted by Crippen LogP contribution is -2.05. The van der Waals surface area contributed by atoms with Gasteiger partial charge in [-0.15, -0.1) is 10.2 Å². The fourth-order valence-corrected chi connectivity index (χ4v) is 2.76. The molecule has 0 aromatic carbocycles. The number of ether oxygens (including phenoxy) is 1. The number of hydrogen-bond donors (Lipinski definition) is 0. The van der Waals surface area contributed by atoms with Gasteiger partial charge in [-0.3, -0.25) is 14.3 Å². The molecule has 1 saturated carbocycles. The SMILES string of the molecule is COC(=O)CSc1nnc(-c2ccncc2)n1C1CC1. The van der Waals surface area contributed by atoms with Gasteiger partial charge in [0.25, 0.3) is 0 Å². The molecule has 0 spiro atoms. The summed E-state index contributed by atoms with van der Waals surface area (Å²) < 4.78 is 6.77. The molecule has 1 fully saturated rings. The van der Waals surface area contributed by atoms with Gasteiger partial charge >= 0.3 is 5.97 Å². The summed E-state index contributed by atoms with van der Waals surface area (Å²) in [6.45, 7) is 0. The summed E-state index contributed by atoms with van der Waals surface area (Å²) >= 11 is 1.36. The zero-order valence-electron chi connectivity index (χ0n) is 11.0. The van der Waals surface area contributed by atoms with Crippen LogP contribution in [0.1, 0.15) is 18.9 Å². The van der Waals surface area contributed by atoms with Gasteiger partial charge < -0.3 is 4.74 Å². The monoisotopic (exact) mass is 290 g/mol. The van der Waals surface area contributed by atoms with Gasteiger partial charge in [0.2, 0.25) is 0 Å². The van der Waals surface area contributed by atoms with E-state index in [-0.39, 0.29) is 11.7 Å². The quantitative estimate of drug-likeness (QED) is 0.619. The van der Waals surface area contributed by atoms with Gasteiger partial charge in [-0.2, -0.15) is 0 Å². The van der Waals surface area contributed by atoms with Crippen LogP contribution in [0.3, 0.4) is 0 Å². The highest BCUT2D eigenvalue weighted by Crippen LogP contribution is 2.40. The van der Waals surface area contributed by atoms with Crippen LogP contribution in [-0.4, -0.2) is 38.6 Å². The number of thioether (sulfide) groups is 1. The van der Waals surface area contributed by atoms with Crippen LogP contribution in [0.2, 0.25) is 0 Å². The highest BCUT2D eigenvalue weighted by molar-refractivity contribution is 7.99. The van der Waals surface area contributed by atoms with Gasteiger partial charge in [-0.25, -0.2) is 0 Å². The van der Waals surface area contributed by atoms with Crippen LogP contribution in [0.4, 0.5) is 0 Å². The summed E-state index contributed by atoms with van der Waals surface area (Å²) in [6.07, 6.45) is 5.73. The first kappa shape index (κ1) is 13.1. The van der Waals surface area contributed by atoms with E-state index in [1.807, 2.05) is 12.1 Å². The number of aromatic nitrogens is 4. The van der Waals surface area contributed by atoms with Gasteiger partial charge in [0.1, 0.15) is 0 Å². The average Bonchev–Trinajstić information content (AvgIpc) is 3.25. The zero-order valence-corrected chi connectivity index (χ0v) is 11.8. The van der Waals surface area contributed by atoms with Crippen molar-refractivity contribution in [2.24, 2.45) is 0 Å². The molecule has 0 atom stereocenters. The summed E-state index contributed by atoms with van der Waals surface area (Å²) in [5.41, 5.74) is 0.990. The van der Waals surface area contributed by atoms with Crippen molar-refractivity contribution in [2.75, 3.05) is 12.9 Å². The molecule has 2 aromatic rings. The molecule has 2 aromatic heterocycles. The van der Waals surface area contributed by atoms with E-state index in [1.54, 1.807) is 12.4 Å². The van der Waals surface area contributed by atoms with Crippen molar-refractivity contribution in [2.45, 2.75) is 24.0 Å². The molecule has 3 rings (SSSR count). The third kappa shape index (κ3) is 2.67. The molecular formula is C13H14N4O2S. The molecule has 0 amide bonds. The lowest BCUT2D eigenvalue weighted by Gasteiger charge is -2.08. The molecule has 2 heterocycles. The number of nitrogens with zero attached hydrogens (tertiary/aromatic N) is 4. The van der Waals surface area contributed by atoms with Gasteiger partial charge in [0, 0.05) is 24.0 Å². The minimum absolute atomic E-state index is 0.248. The largest absolute Gasteiger partial charge is 0.468 e. The Morgan fingerprint density at radius 1 is 1.40 bits per heavy atom. The van der Waals surface area contributed by atoms with E-state index in [4.69, 9.17) is 0 Å². The van der Waals surface area contributed by atoms with Gasteiger partial charge in [0.15, 0.2) is 11.0 Å². The van der Waals surface area contributed by atoms with Crippen LogP contribution >= 0.6 is 11.8 Å². The Morgan fingerprint density at radius 2 is 2.15 bits per heavy atom. The van der Waals surface area contributed by atoms with Gasteiger partial charge in [-0.05, 0) is 25.0 Å². The second-order valence-corrected chi connectivity index (χ2v) is 5.45. The van der Waals surface area contributed by atoms with Crippen LogP contribution < -0.4 is 0 Å². The number of carbonyl (C=O) groups is 1. The zero-order chi connectivity index (χ0) is 13.9. The molecule has 20 heavy (non-hydrogen) atoms. The van der Waals surface area contributed by atoms with E-state index >= 15 is 0 Å². The Kier molecular flexibility index (Phi) is 3.68. The fraction of sp³-hybridized carbons (Fsp3) is 0.385. The van der Waals surface area contributed by atoms with Crippen LogP contribution in [0.15, 0.2) is 29.7 Å². The van der Waals surface area contributed by atoms with Gasteiger partial charge in [0.05, 0.1) is 12.9 Å². The summed E-state index contributed by atoms with van der Waals surface area (Å²) in [7, 11) is 1.39. The van der Waals surface area contributed by atoms with Crippen molar-refractivity contribution >= 4 is 17.7 Å². The van der Waals surface area contributed by atoms with E-state index in [1.165, 1.54) is 18.9 Å². The molecule has 104 valence electrons. The lowest BCUT2D eigenvalue weighted by atomic mass is 10.2. The first-order valence-corrected chi connectivity index (χ1v) is 7.33. The molecule has 0 saturated heterocycles. The molecule has 1 aliphatic carbocycles. The molecule has 1 aliphatic rings. The predicted molar refractivity (Wildman–Crippen MR) is 74.3 cm³/mol. The van der Waals surface area contributed by atoms with Crippen LogP contribution in [0.5, 0.6) is 0 Å². The Morgan fingerprint density at radius 3 is 2.80 bits per heavy atom. The fourth-order valence-electron chi connectivity index (χ4n) is 1.92. The standard InChI is InChI=1S/C13H14N4O2S/c1-19-11(18)8-20-13-16-15-12(17(13)10-2-3-10)9-4-6-14-7-5-9/h4-7,10H,2-3,8H2,1H3. The Balaban J connectivity index is 1.88. The lowest BCUT2D eigenvalue weighted by molar-refractivity contribution is -0.137. The smallest absolute Gasteiger partial charge is 0.316 e. The number of hydrogen-bond acceptors (Lipinski definition) is 6. The van der Waals surface area contributed by atoms with E-state index in [0.29, 0.717) is 6.04 Å². The van der Waals surface area contributed by atoms with Crippen LogP contribution in [0, 0.1) is 0 Å². The molecule has 0 aliphatic heterocycles. The van der Waals surface area contributed by atoms with Crippen LogP contribution in [-0.2, 0) is 9.53 Å². The van der Waals surface area contributed by atoms with Crippen LogP contribution in [0.25, 0.3) is 11.4 Å². The molecule has 7 heteroatoms. The number of pyridine rings is 1. The van der Waals surface area contributed by atoms with Crippen molar-refractivity contribution in [3.63, 3.8) is 0 Å². The first-order chi connectivity index (χ1) is 9.79. The molecule has 0 bridgehead atoms. The Bertz CT molecular complexity index is 610. The number of carbonyl (C=O) groups excluding carboxylic acids is 1. The van der Waals surface area contributed by atoms with Crippen molar-refractivity contribution in [1.29, 1.82) is 0 Å². The predicted octanol–water partition coefficient (Wildman–Crippen LogP) is 1.94. The summed E-state index contributed by atoms with van der Waals surface area (Å²) in [5, 5.41) is 9.24. The third-order valence-electron chi connectivity index (χ3n) is 3.06. The molecule has 0 unspecified atom stereocenters. The highest BCUT2D eigenvalue weighted by atomic mass is 32.2. The Hall–Kier alpha value is -1.89. The maximum Gasteiger partial charge on any atom is 0.316 e. The topological polar surface area (TPSA) is 69.9 Å². The molecule has 0 radical (unpaired) electrons. The van der Waals surface area contributed by atoms with Crippen molar-refractivity contribution in [1.82, 2.24) is 19.7 Å². The maximum absolute atomic E-state index is 11.2. The van der Waals surface area contributed by atoms with E-state index < -0.39 is 0 Å². The van der Waals surface area contributed by atoms with Crippen molar-refractivity contribution < 1.29 is 9.53 Å². The van der Waals surface area contributed by atoms with E-state index in [9.17, 15) is 4.79 Å². The van der Waals surface area contributed by atoms with E-state index in [2.05, 4.69) is 24.5 Å². The minimum atomic E-state index is -0.259. The minimum Gasteiger partial charge on any atom is -0.468 e. The number of methoxy groups -OCH3 is 1. The van der Waals surface area contributed by atoms with Gasteiger partial charge in [-0.1, -0.05) is 11.8 Å². The number of esters is 1. The molecule has 0 N–H and O–H groups in total. The third-order valence-corrected chi connectivity index (χ3v) is 3.98. The Labute approximate surface area is 120 Å². The summed E-state index contributed by atoms with van der Waals surface area (Å²) in [5.74, 6) is 0.825. The number of rotatable bonds is 5. The second kappa shape index (κ2) is 5.62. The first-order valence-electron chi connectivity index (χ1n) is 6.34. The van der Waals surface area contributed by atoms with Crippen molar-refractivity contribution in [3.05, 3.63) is 24.5 Å². The maximum atomic E-state index is 11.2. The second-order valence-electron chi connectivity index (χ2n) is 4.51. The summed E-state index contributed by atoms with van der Waals surface area (Å²) in [4.78, 5) is 15.3. The molecular weight excluding hydrogens is 276 g/mol. The normalized spacial score (nSPS) is 14.2. The molecule has 6 nitrogen and oxygen atoms in total. The van der Waals surface area contributed by atoms with Crippen molar-refractivity contribution in [3.8, 4) is 11.4 Å². The average molecular weight is 290 g/mol. The highest BCUT2D eigenvalue weighted by Gasteiger charge is 2.30. The summed E-state index contributed by atoms with van der Waals surface area (Å²) in [6, 6.07) is 4.27.